The molecule has 0 saturated heterocycles. The number of thiocarbonyl (C=S) groups is 1. The Morgan fingerprint density at radius 2 is 2.23 bits per heavy atom. The van der Waals surface area contributed by atoms with Crippen LogP contribution in [0.4, 0.5) is 10.1 Å². The number of nitrogens with one attached hydrogen (secondary N) is 1. The van der Waals surface area contributed by atoms with Gasteiger partial charge in [0.1, 0.15) is 5.82 Å². The minimum absolute atomic E-state index is 0.0780. The van der Waals surface area contributed by atoms with Crippen molar-refractivity contribution in [2.24, 2.45) is 5.73 Å². The number of anilines is 1. The van der Waals surface area contributed by atoms with E-state index < -0.39 is 5.82 Å². The second-order valence-corrected chi connectivity index (χ2v) is 3.94. The molecule has 0 saturated carbocycles. The van der Waals surface area contributed by atoms with E-state index in [-0.39, 0.29) is 10.1 Å². The fraction of sp³-hybridized carbons (Fsp3) is 0. The summed E-state index contributed by atoms with van der Waals surface area (Å²) in [7, 11) is 0. The molecule has 0 aliphatic carbocycles. The fourth-order valence-electron chi connectivity index (χ4n) is 0.785. The fourth-order valence-corrected chi connectivity index (χ4v) is 1.79. The lowest BCUT2D eigenvalue weighted by atomic mass is 10.3. The molecule has 0 radical (unpaired) electrons. The molecule has 13 heavy (non-hydrogen) atoms. The third kappa shape index (κ3) is 2.79. The average molecular weight is 284 g/mol. The Bertz CT molecular complexity index is 335. The van der Waals surface area contributed by atoms with Crippen LogP contribution in [0.3, 0.4) is 0 Å². The largest absolute Gasteiger partial charge is 0.376 e. The predicted octanol–water partition coefficient (Wildman–Crippen LogP) is 2.90. The van der Waals surface area contributed by atoms with E-state index in [1.165, 1.54) is 12.1 Å². The first-order valence-electron chi connectivity index (χ1n) is 3.21. The van der Waals surface area contributed by atoms with Crippen molar-refractivity contribution >= 4 is 50.5 Å². The summed E-state index contributed by atoms with van der Waals surface area (Å²) in [5.41, 5.74) is 5.72. The molecule has 1 aromatic carbocycles. The molecule has 0 aliphatic heterocycles. The second-order valence-electron chi connectivity index (χ2n) is 2.23. The van der Waals surface area contributed by atoms with Gasteiger partial charge in [-0.3, -0.25) is 0 Å². The number of hydrogen-bond acceptors (Lipinski definition) is 1. The summed E-state index contributed by atoms with van der Waals surface area (Å²) in [5.74, 6) is -0.426. The molecule has 0 fully saturated rings. The maximum Gasteiger partial charge on any atom is 0.168 e. The van der Waals surface area contributed by atoms with Crippen molar-refractivity contribution in [3.05, 3.63) is 27.4 Å². The molecule has 0 atom stereocenters. The highest BCUT2D eigenvalue weighted by atomic mass is 79.9. The monoisotopic (exact) mass is 282 g/mol. The molecule has 6 heteroatoms. The standard InChI is InChI=1S/C7H5BrClFN2S/c8-4-1-3(10)2-5(9)6(4)12-7(11)13/h1-2H,(H3,11,12,13). The van der Waals surface area contributed by atoms with Gasteiger partial charge in [-0.25, -0.2) is 4.39 Å². The zero-order valence-electron chi connectivity index (χ0n) is 6.27. The number of benzene rings is 1. The van der Waals surface area contributed by atoms with E-state index in [1.807, 2.05) is 0 Å². The van der Waals surface area contributed by atoms with Gasteiger partial charge in [-0.2, -0.15) is 0 Å². The van der Waals surface area contributed by atoms with Gasteiger partial charge in [-0.1, -0.05) is 11.6 Å². The lowest BCUT2D eigenvalue weighted by Gasteiger charge is -2.08. The van der Waals surface area contributed by atoms with Gasteiger partial charge >= 0.3 is 0 Å². The van der Waals surface area contributed by atoms with Crippen molar-refractivity contribution in [1.29, 1.82) is 0 Å². The Kier molecular flexibility index (Phi) is 3.47. The van der Waals surface area contributed by atoms with E-state index in [1.54, 1.807) is 0 Å². The average Bonchev–Trinajstić information content (AvgIpc) is 1.96. The maximum absolute atomic E-state index is 12.7. The van der Waals surface area contributed by atoms with Crippen molar-refractivity contribution in [1.82, 2.24) is 0 Å². The van der Waals surface area contributed by atoms with Crippen molar-refractivity contribution in [3.8, 4) is 0 Å². The number of nitrogens with two attached hydrogens (primary N) is 1. The number of halogens is 3. The number of hydrogen-bond donors (Lipinski definition) is 2. The van der Waals surface area contributed by atoms with Crippen LogP contribution in [0.25, 0.3) is 0 Å². The van der Waals surface area contributed by atoms with Crippen LogP contribution < -0.4 is 11.1 Å². The SMILES string of the molecule is NC(=S)Nc1c(Cl)cc(F)cc1Br. The lowest BCUT2D eigenvalue weighted by molar-refractivity contribution is 0.627. The molecule has 1 aromatic rings. The maximum atomic E-state index is 12.7. The van der Waals surface area contributed by atoms with Crippen LogP contribution >= 0.6 is 39.7 Å². The van der Waals surface area contributed by atoms with Gasteiger partial charge in [0, 0.05) is 4.47 Å². The van der Waals surface area contributed by atoms with Crippen LogP contribution in [-0.2, 0) is 0 Å². The summed E-state index contributed by atoms with van der Waals surface area (Å²) < 4.78 is 13.2. The van der Waals surface area contributed by atoms with E-state index in [0.29, 0.717) is 10.2 Å². The topological polar surface area (TPSA) is 38.0 Å². The molecule has 0 aliphatic rings. The Morgan fingerprint density at radius 3 is 2.69 bits per heavy atom. The molecule has 0 bridgehead atoms. The van der Waals surface area contributed by atoms with Gasteiger partial charge in [0.25, 0.3) is 0 Å². The second kappa shape index (κ2) is 4.21. The van der Waals surface area contributed by atoms with Gasteiger partial charge in [0.2, 0.25) is 0 Å². The molecule has 0 amide bonds. The molecule has 0 aromatic heterocycles. The zero-order valence-corrected chi connectivity index (χ0v) is 9.43. The van der Waals surface area contributed by atoms with E-state index in [0.717, 1.165) is 0 Å². The van der Waals surface area contributed by atoms with Crippen LogP contribution in [0.5, 0.6) is 0 Å². The first-order chi connectivity index (χ1) is 6.00. The van der Waals surface area contributed by atoms with Crippen LogP contribution in [0, 0.1) is 5.82 Å². The van der Waals surface area contributed by atoms with Gasteiger partial charge in [0.15, 0.2) is 5.11 Å². The summed E-state index contributed by atoms with van der Waals surface area (Å²) >= 11 is 13.5. The molecular formula is C7H5BrClFN2S. The van der Waals surface area contributed by atoms with Gasteiger partial charge in [-0.05, 0) is 40.3 Å². The molecule has 1 rings (SSSR count). The Balaban J connectivity index is 3.13. The highest BCUT2D eigenvalue weighted by molar-refractivity contribution is 9.10. The molecule has 0 heterocycles. The van der Waals surface area contributed by atoms with Crippen LogP contribution in [-0.4, -0.2) is 5.11 Å². The first-order valence-corrected chi connectivity index (χ1v) is 4.79. The van der Waals surface area contributed by atoms with E-state index in [9.17, 15) is 4.39 Å². The molecular weight excluding hydrogens is 279 g/mol. The Morgan fingerprint density at radius 1 is 1.62 bits per heavy atom. The van der Waals surface area contributed by atoms with E-state index in [2.05, 4.69) is 33.5 Å². The quantitative estimate of drug-likeness (QED) is 0.778. The van der Waals surface area contributed by atoms with Gasteiger partial charge in [0.05, 0.1) is 10.7 Å². The summed E-state index contributed by atoms with van der Waals surface area (Å²) in [6, 6.07) is 2.44. The first kappa shape index (κ1) is 10.7. The third-order valence-electron chi connectivity index (χ3n) is 1.26. The predicted molar refractivity (Wildman–Crippen MR) is 59.5 cm³/mol. The molecule has 70 valence electrons. The molecule has 0 spiro atoms. The van der Waals surface area contributed by atoms with Crippen molar-refractivity contribution in [2.45, 2.75) is 0 Å². The third-order valence-corrected chi connectivity index (χ3v) is 2.28. The lowest BCUT2D eigenvalue weighted by Crippen LogP contribution is -2.19. The van der Waals surface area contributed by atoms with Crippen molar-refractivity contribution in [3.63, 3.8) is 0 Å². The van der Waals surface area contributed by atoms with Gasteiger partial charge in [-0.15, -0.1) is 0 Å². The molecule has 3 N–H and O–H groups in total. The van der Waals surface area contributed by atoms with Crippen molar-refractivity contribution in [2.75, 3.05) is 5.32 Å². The minimum atomic E-state index is -0.426. The van der Waals surface area contributed by atoms with Crippen LogP contribution in [0.2, 0.25) is 5.02 Å². The highest BCUT2D eigenvalue weighted by Crippen LogP contribution is 2.31. The summed E-state index contributed by atoms with van der Waals surface area (Å²) in [4.78, 5) is 0. The number of rotatable bonds is 1. The molecule has 0 unspecified atom stereocenters. The Labute approximate surface area is 93.4 Å². The summed E-state index contributed by atoms with van der Waals surface area (Å²) in [5, 5.41) is 2.93. The summed E-state index contributed by atoms with van der Waals surface area (Å²) in [6.45, 7) is 0. The van der Waals surface area contributed by atoms with E-state index in [4.69, 9.17) is 17.3 Å². The normalized spacial score (nSPS) is 9.77. The van der Waals surface area contributed by atoms with Crippen molar-refractivity contribution < 1.29 is 4.39 Å². The minimum Gasteiger partial charge on any atom is -0.376 e. The zero-order chi connectivity index (χ0) is 10.0. The van der Waals surface area contributed by atoms with Crippen LogP contribution in [0.15, 0.2) is 16.6 Å². The summed E-state index contributed by atoms with van der Waals surface area (Å²) in [6.07, 6.45) is 0. The van der Waals surface area contributed by atoms with Crippen LogP contribution in [0.1, 0.15) is 0 Å². The smallest absolute Gasteiger partial charge is 0.168 e. The molecule has 2 nitrogen and oxygen atoms in total. The van der Waals surface area contributed by atoms with E-state index >= 15 is 0 Å². The van der Waals surface area contributed by atoms with Gasteiger partial charge < -0.3 is 11.1 Å². The highest BCUT2D eigenvalue weighted by Gasteiger charge is 2.07. The Hall–Kier alpha value is -0.390.